The maximum atomic E-state index is 11.0. The van der Waals surface area contributed by atoms with Crippen LogP contribution in [0.1, 0.15) is 55.6 Å². The lowest BCUT2D eigenvalue weighted by atomic mass is 9.95. The molecule has 0 bridgehead atoms. The molecule has 0 radical (unpaired) electrons. The van der Waals surface area contributed by atoms with Gasteiger partial charge in [0, 0.05) is 12.8 Å². The van der Waals surface area contributed by atoms with Crippen molar-refractivity contribution in [2.45, 2.75) is 44.4 Å². The van der Waals surface area contributed by atoms with Gasteiger partial charge in [0.15, 0.2) is 0 Å². The molecule has 2 aliphatic rings. The summed E-state index contributed by atoms with van der Waals surface area (Å²) in [4.78, 5) is 11.0. The van der Waals surface area contributed by atoms with E-state index in [1.54, 1.807) is 0 Å². The van der Waals surface area contributed by atoms with E-state index in [4.69, 9.17) is 0 Å². The molecule has 1 aromatic carbocycles. The smallest absolute Gasteiger partial charge is 0.240 e. The molecule has 1 amide bonds. The van der Waals surface area contributed by atoms with E-state index in [2.05, 4.69) is 34.8 Å². The molecular weight excluding hydrogens is 224 g/mol. The lowest BCUT2D eigenvalue weighted by Crippen LogP contribution is -2.25. The Kier molecular flexibility index (Phi) is 3.13. The average Bonchev–Trinajstić information content (AvgIpc) is 2.94. The number of nitrogens with zero attached hydrogens (tertiary/aromatic N) is 1. The standard InChI is InChI=1S/C15H18N2O/c18-15-10-9-14(16-17-15)13-7-5-12(6-8-13)11-3-1-2-4-11/h5-8,11H,1-4,9-10H2,(H,17,18). The summed E-state index contributed by atoms with van der Waals surface area (Å²) in [5.41, 5.74) is 6.13. The third-order valence-electron chi connectivity index (χ3n) is 3.97. The SMILES string of the molecule is O=C1CCC(c2ccc(C3CCCC3)cc2)=NN1. The van der Waals surface area contributed by atoms with Crippen LogP contribution in [-0.2, 0) is 4.79 Å². The predicted molar refractivity (Wildman–Crippen MR) is 71.6 cm³/mol. The van der Waals surface area contributed by atoms with E-state index >= 15 is 0 Å². The van der Waals surface area contributed by atoms with Crippen LogP contribution >= 0.6 is 0 Å². The van der Waals surface area contributed by atoms with Gasteiger partial charge in [-0.3, -0.25) is 4.79 Å². The minimum atomic E-state index is 0.0151. The molecule has 0 atom stereocenters. The number of rotatable bonds is 2. The van der Waals surface area contributed by atoms with E-state index in [1.807, 2.05) is 0 Å². The largest absolute Gasteiger partial charge is 0.273 e. The molecule has 1 saturated carbocycles. The molecule has 94 valence electrons. The first-order valence-corrected chi connectivity index (χ1v) is 6.78. The Bertz CT molecular complexity index is 470. The van der Waals surface area contributed by atoms with Crippen molar-refractivity contribution in [2.75, 3.05) is 0 Å². The predicted octanol–water partition coefficient (Wildman–Crippen LogP) is 2.96. The number of amides is 1. The number of carbonyl (C=O) groups is 1. The summed E-state index contributed by atoms with van der Waals surface area (Å²) >= 11 is 0. The summed E-state index contributed by atoms with van der Waals surface area (Å²) in [6.07, 6.45) is 6.68. The van der Waals surface area contributed by atoms with Crippen LogP contribution in [0.5, 0.6) is 0 Å². The van der Waals surface area contributed by atoms with Gasteiger partial charge in [-0.15, -0.1) is 0 Å². The van der Waals surface area contributed by atoms with Gasteiger partial charge >= 0.3 is 0 Å². The summed E-state index contributed by atoms with van der Waals surface area (Å²) in [5.74, 6) is 0.772. The molecule has 0 spiro atoms. The van der Waals surface area contributed by atoms with Crippen LogP contribution in [-0.4, -0.2) is 11.6 Å². The van der Waals surface area contributed by atoms with Crippen LogP contribution in [0.15, 0.2) is 29.4 Å². The lowest BCUT2D eigenvalue weighted by molar-refractivity contribution is -0.121. The lowest BCUT2D eigenvalue weighted by Gasteiger charge is -2.14. The monoisotopic (exact) mass is 242 g/mol. The van der Waals surface area contributed by atoms with Crippen LogP contribution in [0.25, 0.3) is 0 Å². The van der Waals surface area contributed by atoms with Crippen LogP contribution in [0, 0.1) is 0 Å². The van der Waals surface area contributed by atoms with Crippen molar-refractivity contribution in [3.05, 3.63) is 35.4 Å². The first-order valence-electron chi connectivity index (χ1n) is 6.78. The molecule has 1 aliphatic carbocycles. The highest BCUT2D eigenvalue weighted by Gasteiger charge is 2.18. The van der Waals surface area contributed by atoms with E-state index in [0.29, 0.717) is 6.42 Å². The number of hydrogen-bond donors (Lipinski definition) is 1. The van der Waals surface area contributed by atoms with Crippen LogP contribution in [0.4, 0.5) is 0 Å². The second-order valence-corrected chi connectivity index (χ2v) is 5.20. The molecule has 3 rings (SSSR count). The molecule has 18 heavy (non-hydrogen) atoms. The molecule has 0 saturated heterocycles. The first-order chi connectivity index (χ1) is 8.83. The van der Waals surface area contributed by atoms with E-state index in [1.165, 1.54) is 31.2 Å². The Balaban J connectivity index is 1.76. The third-order valence-corrected chi connectivity index (χ3v) is 3.97. The van der Waals surface area contributed by atoms with Gasteiger partial charge in [-0.2, -0.15) is 5.10 Å². The molecule has 1 heterocycles. The molecule has 1 fully saturated rings. The van der Waals surface area contributed by atoms with Gasteiger partial charge in [0.2, 0.25) is 5.91 Å². The average molecular weight is 242 g/mol. The number of hydrogen-bond acceptors (Lipinski definition) is 2. The zero-order valence-corrected chi connectivity index (χ0v) is 10.5. The minimum absolute atomic E-state index is 0.0151. The van der Waals surface area contributed by atoms with Gasteiger partial charge in [-0.1, -0.05) is 37.1 Å². The molecule has 1 N–H and O–H groups in total. The van der Waals surface area contributed by atoms with Crippen molar-refractivity contribution in [1.29, 1.82) is 0 Å². The Morgan fingerprint density at radius 3 is 2.39 bits per heavy atom. The van der Waals surface area contributed by atoms with Crippen molar-refractivity contribution < 1.29 is 4.79 Å². The van der Waals surface area contributed by atoms with Crippen molar-refractivity contribution >= 4 is 11.6 Å². The van der Waals surface area contributed by atoms with Crippen molar-refractivity contribution in [3.63, 3.8) is 0 Å². The highest BCUT2D eigenvalue weighted by atomic mass is 16.2. The molecule has 1 aromatic rings. The Morgan fingerprint density at radius 1 is 1.06 bits per heavy atom. The molecule has 3 heteroatoms. The van der Waals surface area contributed by atoms with E-state index in [9.17, 15) is 4.79 Å². The highest BCUT2D eigenvalue weighted by Crippen LogP contribution is 2.34. The zero-order valence-electron chi connectivity index (χ0n) is 10.5. The number of carbonyl (C=O) groups excluding carboxylic acids is 1. The number of nitrogens with one attached hydrogen (secondary N) is 1. The van der Waals surface area contributed by atoms with Gasteiger partial charge in [0.05, 0.1) is 5.71 Å². The van der Waals surface area contributed by atoms with Gasteiger partial charge in [-0.05, 0) is 29.9 Å². The summed E-state index contributed by atoms with van der Waals surface area (Å²) in [6.45, 7) is 0. The Labute approximate surface area is 107 Å². The Morgan fingerprint density at radius 2 is 1.78 bits per heavy atom. The maximum absolute atomic E-state index is 11.0. The van der Waals surface area contributed by atoms with E-state index < -0.39 is 0 Å². The summed E-state index contributed by atoms with van der Waals surface area (Å²) in [5, 5.41) is 4.13. The van der Waals surface area contributed by atoms with Crippen LogP contribution in [0.3, 0.4) is 0 Å². The number of hydrazone groups is 1. The van der Waals surface area contributed by atoms with Gasteiger partial charge in [0.25, 0.3) is 0 Å². The van der Waals surface area contributed by atoms with Gasteiger partial charge in [-0.25, -0.2) is 5.43 Å². The molecule has 0 aromatic heterocycles. The van der Waals surface area contributed by atoms with Crippen LogP contribution < -0.4 is 5.43 Å². The van der Waals surface area contributed by atoms with Crippen molar-refractivity contribution in [3.8, 4) is 0 Å². The van der Waals surface area contributed by atoms with E-state index in [0.717, 1.165) is 23.6 Å². The first kappa shape index (κ1) is 11.5. The molecular formula is C15H18N2O. The molecule has 1 aliphatic heterocycles. The fourth-order valence-electron chi connectivity index (χ4n) is 2.89. The van der Waals surface area contributed by atoms with Crippen LogP contribution in [0.2, 0.25) is 0 Å². The second-order valence-electron chi connectivity index (χ2n) is 5.20. The highest BCUT2D eigenvalue weighted by molar-refractivity contribution is 6.04. The summed E-state index contributed by atoms with van der Waals surface area (Å²) < 4.78 is 0. The van der Waals surface area contributed by atoms with Crippen molar-refractivity contribution in [1.82, 2.24) is 5.43 Å². The maximum Gasteiger partial charge on any atom is 0.240 e. The molecule has 3 nitrogen and oxygen atoms in total. The zero-order chi connectivity index (χ0) is 12.4. The van der Waals surface area contributed by atoms with Gasteiger partial charge in [0.1, 0.15) is 0 Å². The fourth-order valence-corrected chi connectivity index (χ4v) is 2.89. The second kappa shape index (κ2) is 4.92. The van der Waals surface area contributed by atoms with Gasteiger partial charge < -0.3 is 0 Å². The summed E-state index contributed by atoms with van der Waals surface area (Å²) in [7, 11) is 0. The van der Waals surface area contributed by atoms with Crippen molar-refractivity contribution in [2.24, 2.45) is 5.10 Å². The Hall–Kier alpha value is -1.64. The summed E-state index contributed by atoms with van der Waals surface area (Å²) in [6, 6.07) is 8.74. The third kappa shape index (κ3) is 2.30. The minimum Gasteiger partial charge on any atom is -0.273 e. The quantitative estimate of drug-likeness (QED) is 0.851. The number of benzene rings is 1. The molecule has 0 unspecified atom stereocenters. The van der Waals surface area contributed by atoms with E-state index in [-0.39, 0.29) is 5.91 Å². The normalized spacial score (nSPS) is 20.7. The topological polar surface area (TPSA) is 41.5 Å². The fraction of sp³-hybridized carbons (Fsp3) is 0.467.